The minimum Gasteiger partial charge on any atom is -0.419 e. The minimum absolute atomic E-state index is 0. The van der Waals surface area contributed by atoms with Crippen LogP contribution in [0.1, 0.15) is 0 Å². The van der Waals surface area contributed by atoms with Gasteiger partial charge in [-0.3, -0.25) is 0 Å². The molecule has 40 heavy (non-hydrogen) atoms. The average molecular weight is 686 g/mol. The third-order valence-corrected chi connectivity index (χ3v) is 7.08. The van der Waals surface area contributed by atoms with Crippen molar-refractivity contribution in [2.45, 2.75) is 0 Å². The first kappa shape index (κ1) is 27.3. The van der Waals surface area contributed by atoms with Crippen LogP contribution >= 0.6 is 0 Å². The van der Waals surface area contributed by atoms with Crippen LogP contribution in [0, 0.1) is 12.1 Å². The number of nitrogens with zero attached hydrogens (tertiary/aromatic N) is 3. The van der Waals surface area contributed by atoms with Gasteiger partial charge in [0.2, 0.25) is 0 Å². The Labute approximate surface area is 251 Å². The van der Waals surface area contributed by atoms with E-state index in [1.807, 2.05) is 60.8 Å². The van der Waals surface area contributed by atoms with E-state index in [1.54, 1.807) is 6.20 Å². The number of hydrogen-bond donors (Lipinski definition) is 0. The van der Waals surface area contributed by atoms with Gasteiger partial charge in [0.1, 0.15) is 0 Å². The Morgan fingerprint density at radius 1 is 0.575 bits per heavy atom. The summed E-state index contributed by atoms with van der Waals surface area (Å²) in [6, 6.07) is 48.1. The molecule has 6 heteroatoms. The quantitative estimate of drug-likeness (QED) is 0.158. The van der Waals surface area contributed by atoms with E-state index in [1.165, 1.54) is 33.4 Å². The standard InChI is InChI=1S/C23H14BN2.C11H8N.B.Ir/c1-4-11-19-16(8-1)17-9-2-5-13-21(17)26-22-14-6-3-10-18(22)23-20(24(19)26)12-7-15-25-23;1-2-6-10(7-3-1)11-8-4-5-9-12-11;;/h1-9,11-15H;1-6,8-9H;;/q2*-1;;. The normalized spacial score (nSPS) is 11.5. The maximum atomic E-state index is 4.72. The molecule has 8 rings (SSSR count). The molecule has 4 aromatic carbocycles. The Kier molecular flexibility index (Phi) is 8.11. The van der Waals surface area contributed by atoms with Gasteiger partial charge in [0, 0.05) is 52.2 Å². The zero-order valence-electron chi connectivity index (χ0n) is 21.5. The van der Waals surface area contributed by atoms with Crippen molar-refractivity contribution in [3.63, 3.8) is 0 Å². The van der Waals surface area contributed by atoms with Crippen LogP contribution in [0.4, 0.5) is 11.4 Å². The molecule has 0 spiro atoms. The third kappa shape index (κ3) is 4.70. The Bertz CT molecular complexity index is 1520. The molecule has 4 radical (unpaired) electrons. The summed E-state index contributed by atoms with van der Waals surface area (Å²) in [4.78, 5) is 11.4. The number of aromatic nitrogens is 2. The SMILES string of the molecule is [B].[Ir].[c-]1cccc2c1-c1ncccc1B1c3ccccc3-c3ccccc3N12.[c-]1ccccc1-c1ccccn1. The van der Waals surface area contributed by atoms with Crippen LogP contribution < -0.4 is 15.7 Å². The van der Waals surface area contributed by atoms with Crippen molar-refractivity contribution in [1.82, 2.24) is 9.97 Å². The fourth-order valence-corrected chi connectivity index (χ4v) is 5.49. The zero-order valence-corrected chi connectivity index (χ0v) is 23.9. The number of anilines is 2. The van der Waals surface area contributed by atoms with Gasteiger partial charge in [0.25, 0.3) is 0 Å². The molecule has 0 saturated carbocycles. The molecule has 0 atom stereocenters. The van der Waals surface area contributed by atoms with Gasteiger partial charge in [-0.1, -0.05) is 71.8 Å². The minimum atomic E-state index is 0. The second kappa shape index (κ2) is 11.9. The maximum Gasteiger partial charge on any atom is 0.312 e. The number of fused-ring (bicyclic) bond motifs is 11. The third-order valence-electron chi connectivity index (χ3n) is 7.08. The van der Waals surface area contributed by atoms with Gasteiger partial charge < -0.3 is 14.8 Å². The average Bonchev–Trinajstić information content (AvgIpc) is 3.02. The van der Waals surface area contributed by atoms with Gasteiger partial charge in [-0.15, -0.1) is 65.7 Å². The van der Waals surface area contributed by atoms with E-state index >= 15 is 0 Å². The summed E-state index contributed by atoms with van der Waals surface area (Å²) in [5.74, 6) is 0. The van der Waals surface area contributed by atoms with Crippen molar-refractivity contribution in [2.75, 3.05) is 4.81 Å². The van der Waals surface area contributed by atoms with Crippen molar-refractivity contribution in [3.8, 4) is 33.6 Å². The topological polar surface area (TPSA) is 29.0 Å². The molecule has 0 amide bonds. The van der Waals surface area contributed by atoms with Crippen LogP contribution in [-0.2, 0) is 20.1 Å². The van der Waals surface area contributed by atoms with Gasteiger partial charge in [0.15, 0.2) is 0 Å². The first-order valence-corrected chi connectivity index (χ1v) is 12.7. The van der Waals surface area contributed by atoms with Crippen molar-refractivity contribution in [1.29, 1.82) is 0 Å². The van der Waals surface area contributed by atoms with Crippen LogP contribution in [0.3, 0.4) is 0 Å². The Morgan fingerprint density at radius 3 is 2.10 bits per heavy atom. The summed E-state index contributed by atoms with van der Waals surface area (Å²) < 4.78 is 0. The zero-order chi connectivity index (χ0) is 25.3. The van der Waals surface area contributed by atoms with Crippen molar-refractivity contribution >= 4 is 37.6 Å². The van der Waals surface area contributed by atoms with Crippen molar-refractivity contribution in [2.24, 2.45) is 0 Å². The van der Waals surface area contributed by atoms with Crippen LogP contribution in [0.15, 0.2) is 134 Å². The van der Waals surface area contributed by atoms with Crippen LogP contribution in [0.5, 0.6) is 0 Å². The first-order valence-electron chi connectivity index (χ1n) is 12.7. The predicted molar refractivity (Wildman–Crippen MR) is 162 cm³/mol. The van der Waals surface area contributed by atoms with E-state index < -0.39 is 0 Å². The van der Waals surface area contributed by atoms with Crippen molar-refractivity contribution < 1.29 is 20.1 Å². The summed E-state index contributed by atoms with van der Waals surface area (Å²) in [5, 5.41) is 0. The Hall–Kier alpha value is -4.24. The Balaban J connectivity index is 0.000000196. The summed E-state index contributed by atoms with van der Waals surface area (Å²) in [7, 11) is 0. The summed E-state index contributed by atoms with van der Waals surface area (Å²) in [5.41, 5.74) is 11.7. The van der Waals surface area contributed by atoms with Gasteiger partial charge in [-0.2, -0.15) is 0 Å². The smallest absolute Gasteiger partial charge is 0.312 e. The fourth-order valence-electron chi connectivity index (χ4n) is 5.49. The van der Waals surface area contributed by atoms with E-state index in [-0.39, 0.29) is 35.4 Å². The molecule has 0 aliphatic carbocycles. The van der Waals surface area contributed by atoms with Crippen molar-refractivity contribution in [3.05, 3.63) is 146 Å². The van der Waals surface area contributed by atoms with Crippen LogP contribution in [-0.4, -0.2) is 25.2 Å². The van der Waals surface area contributed by atoms with Crippen LogP contribution in [0.25, 0.3) is 33.6 Å². The monoisotopic (exact) mass is 687 g/mol. The fraction of sp³-hybridized carbons (Fsp3) is 0. The molecular formula is C34H22B2IrN3-2. The second-order valence-electron chi connectivity index (χ2n) is 9.24. The number of pyridine rings is 2. The number of benzene rings is 4. The van der Waals surface area contributed by atoms with Gasteiger partial charge in [-0.25, -0.2) is 0 Å². The molecule has 2 aromatic heterocycles. The molecular weight excluding hydrogens is 664 g/mol. The molecule has 0 bridgehead atoms. The van der Waals surface area contributed by atoms with Crippen LogP contribution in [0.2, 0.25) is 0 Å². The summed E-state index contributed by atoms with van der Waals surface area (Å²) in [6.07, 6.45) is 3.66. The number of para-hydroxylation sites is 1. The molecule has 0 saturated heterocycles. The van der Waals surface area contributed by atoms with Gasteiger partial charge in [-0.05, 0) is 40.6 Å². The van der Waals surface area contributed by atoms with Gasteiger partial charge >= 0.3 is 6.85 Å². The maximum absolute atomic E-state index is 4.72. The molecule has 190 valence electrons. The first-order chi connectivity index (χ1) is 18.9. The van der Waals surface area contributed by atoms with Gasteiger partial charge in [0.05, 0.1) is 0 Å². The molecule has 0 N–H and O–H groups in total. The molecule has 0 fully saturated rings. The van der Waals surface area contributed by atoms with E-state index in [2.05, 4.69) is 88.7 Å². The largest absolute Gasteiger partial charge is 0.419 e. The molecule has 4 heterocycles. The number of rotatable bonds is 1. The summed E-state index contributed by atoms with van der Waals surface area (Å²) >= 11 is 0. The van der Waals surface area contributed by atoms with E-state index in [9.17, 15) is 0 Å². The predicted octanol–water partition coefficient (Wildman–Crippen LogP) is 5.95. The molecule has 0 unspecified atom stereocenters. The molecule has 2 aliphatic heterocycles. The second-order valence-corrected chi connectivity index (χ2v) is 9.24. The van der Waals surface area contributed by atoms with E-state index in [0.29, 0.717) is 0 Å². The van der Waals surface area contributed by atoms with E-state index in [0.717, 1.165) is 22.5 Å². The number of hydrogen-bond acceptors (Lipinski definition) is 3. The molecule has 6 aromatic rings. The Morgan fingerprint density at radius 2 is 1.27 bits per heavy atom. The van der Waals surface area contributed by atoms with E-state index in [4.69, 9.17) is 4.98 Å². The molecule has 2 aliphatic rings. The summed E-state index contributed by atoms with van der Waals surface area (Å²) in [6.45, 7) is 0.132. The molecule has 3 nitrogen and oxygen atoms in total.